The third-order valence-electron chi connectivity index (χ3n) is 3.32. The van der Waals surface area contributed by atoms with Crippen molar-refractivity contribution >= 4 is 23.6 Å². The van der Waals surface area contributed by atoms with Gasteiger partial charge < -0.3 is 4.84 Å². The molecule has 3 aromatic rings. The number of amides is 2. The Kier molecular flexibility index (Phi) is 2.67. The Bertz CT molecular complexity index is 945. The van der Waals surface area contributed by atoms with Crippen LogP contribution < -0.4 is 0 Å². The van der Waals surface area contributed by atoms with Gasteiger partial charge in [-0.15, -0.1) is 0 Å². The number of carbonyl (C=O) groups excluding carboxylic acids is 3. The summed E-state index contributed by atoms with van der Waals surface area (Å²) < 4.78 is 1.15. The number of rotatable bonds is 2. The molecule has 112 valence electrons. The second kappa shape index (κ2) is 4.70. The van der Waals surface area contributed by atoms with Crippen LogP contribution in [-0.2, 0) is 4.84 Å². The SMILES string of the molecule is O=C(ON1C(=O)c2ccccc2C1=O)c1ccnc2ncnn12. The molecule has 0 saturated carbocycles. The van der Waals surface area contributed by atoms with Gasteiger partial charge in [-0.05, 0) is 18.2 Å². The molecule has 0 saturated heterocycles. The number of aromatic nitrogens is 4. The van der Waals surface area contributed by atoms with E-state index in [-0.39, 0.29) is 22.6 Å². The Hall–Kier alpha value is -3.62. The van der Waals surface area contributed by atoms with E-state index in [1.54, 1.807) is 12.1 Å². The summed E-state index contributed by atoms with van der Waals surface area (Å²) in [6.07, 6.45) is 2.57. The normalized spacial score (nSPS) is 13.5. The summed E-state index contributed by atoms with van der Waals surface area (Å²) >= 11 is 0. The highest BCUT2D eigenvalue weighted by Gasteiger charge is 2.39. The molecule has 4 rings (SSSR count). The number of fused-ring (bicyclic) bond motifs is 2. The Morgan fingerprint density at radius 2 is 1.70 bits per heavy atom. The maximum absolute atomic E-state index is 12.3. The van der Waals surface area contributed by atoms with Crippen molar-refractivity contribution in [1.29, 1.82) is 0 Å². The summed E-state index contributed by atoms with van der Waals surface area (Å²) in [7, 11) is 0. The van der Waals surface area contributed by atoms with Gasteiger partial charge in [0.25, 0.3) is 17.6 Å². The highest BCUT2D eigenvalue weighted by atomic mass is 16.7. The largest absolute Gasteiger partial charge is 0.382 e. The molecule has 0 spiro atoms. The van der Waals surface area contributed by atoms with E-state index in [1.807, 2.05) is 0 Å². The third kappa shape index (κ3) is 1.87. The number of hydrogen-bond donors (Lipinski definition) is 0. The van der Waals surface area contributed by atoms with E-state index in [1.165, 1.54) is 30.7 Å². The predicted molar refractivity (Wildman–Crippen MR) is 73.1 cm³/mol. The molecule has 0 atom stereocenters. The molecule has 3 heterocycles. The van der Waals surface area contributed by atoms with Gasteiger partial charge in [0.1, 0.15) is 6.33 Å². The van der Waals surface area contributed by atoms with Gasteiger partial charge in [-0.2, -0.15) is 14.6 Å². The Labute approximate surface area is 128 Å². The lowest BCUT2D eigenvalue weighted by Crippen LogP contribution is -2.33. The fourth-order valence-corrected chi connectivity index (χ4v) is 2.27. The van der Waals surface area contributed by atoms with Gasteiger partial charge in [0.2, 0.25) is 0 Å². The van der Waals surface area contributed by atoms with E-state index in [2.05, 4.69) is 15.1 Å². The number of carbonyl (C=O) groups is 3. The van der Waals surface area contributed by atoms with Crippen molar-refractivity contribution in [2.24, 2.45) is 0 Å². The highest BCUT2D eigenvalue weighted by Crippen LogP contribution is 2.23. The smallest absolute Gasteiger partial charge is 0.323 e. The van der Waals surface area contributed by atoms with E-state index in [0.29, 0.717) is 5.06 Å². The summed E-state index contributed by atoms with van der Waals surface area (Å²) in [5, 5.41) is 4.29. The van der Waals surface area contributed by atoms with Crippen LogP contribution in [0.1, 0.15) is 31.2 Å². The van der Waals surface area contributed by atoms with Gasteiger partial charge in [-0.25, -0.2) is 9.78 Å². The van der Waals surface area contributed by atoms with Crippen molar-refractivity contribution < 1.29 is 19.2 Å². The molecule has 0 radical (unpaired) electrons. The quantitative estimate of drug-likeness (QED) is 0.634. The molecule has 1 aromatic carbocycles. The van der Waals surface area contributed by atoms with Crippen LogP contribution in [0.4, 0.5) is 0 Å². The van der Waals surface area contributed by atoms with Crippen LogP contribution in [0, 0.1) is 0 Å². The minimum absolute atomic E-state index is 0.0101. The van der Waals surface area contributed by atoms with Gasteiger partial charge in [0, 0.05) is 6.20 Å². The molecule has 23 heavy (non-hydrogen) atoms. The Morgan fingerprint density at radius 1 is 1.00 bits per heavy atom. The van der Waals surface area contributed by atoms with Crippen LogP contribution in [0.25, 0.3) is 5.78 Å². The van der Waals surface area contributed by atoms with Crippen molar-refractivity contribution in [1.82, 2.24) is 24.6 Å². The zero-order valence-electron chi connectivity index (χ0n) is 11.4. The number of hydroxylamine groups is 2. The number of nitrogens with zero attached hydrogens (tertiary/aromatic N) is 5. The maximum Gasteiger partial charge on any atom is 0.382 e. The van der Waals surface area contributed by atoms with Crippen molar-refractivity contribution in [3.63, 3.8) is 0 Å². The minimum Gasteiger partial charge on any atom is -0.323 e. The first-order valence-corrected chi connectivity index (χ1v) is 6.51. The number of imide groups is 1. The molecule has 0 aliphatic carbocycles. The van der Waals surface area contributed by atoms with E-state index in [9.17, 15) is 14.4 Å². The zero-order chi connectivity index (χ0) is 16.0. The molecule has 1 aliphatic rings. The molecule has 0 fully saturated rings. The molecular weight excluding hydrogens is 302 g/mol. The van der Waals surface area contributed by atoms with Gasteiger partial charge in [-0.3, -0.25) is 9.59 Å². The van der Waals surface area contributed by atoms with Crippen molar-refractivity contribution in [3.8, 4) is 0 Å². The van der Waals surface area contributed by atoms with Crippen LogP contribution in [0.15, 0.2) is 42.9 Å². The van der Waals surface area contributed by atoms with Gasteiger partial charge in [0.05, 0.1) is 11.1 Å². The monoisotopic (exact) mass is 309 g/mol. The molecule has 9 heteroatoms. The highest BCUT2D eigenvalue weighted by molar-refractivity contribution is 6.21. The second-order valence-corrected chi connectivity index (χ2v) is 4.63. The van der Waals surface area contributed by atoms with Crippen LogP contribution in [-0.4, -0.2) is 42.4 Å². The summed E-state index contributed by atoms with van der Waals surface area (Å²) in [6.45, 7) is 0. The lowest BCUT2D eigenvalue weighted by Gasteiger charge is -2.12. The summed E-state index contributed by atoms with van der Waals surface area (Å²) in [6, 6.07) is 7.58. The van der Waals surface area contributed by atoms with Crippen LogP contribution in [0.5, 0.6) is 0 Å². The predicted octanol–water partition coefficient (Wildman–Crippen LogP) is 0.492. The number of benzene rings is 1. The fourth-order valence-electron chi connectivity index (χ4n) is 2.27. The Balaban J connectivity index is 1.67. The molecule has 0 unspecified atom stereocenters. The maximum atomic E-state index is 12.3. The summed E-state index contributed by atoms with van der Waals surface area (Å²) in [5.74, 6) is -2.11. The first-order valence-electron chi connectivity index (χ1n) is 6.51. The second-order valence-electron chi connectivity index (χ2n) is 4.63. The number of hydrogen-bond acceptors (Lipinski definition) is 7. The standard InChI is InChI=1S/C14H7N5O4/c20-11-8-3-1-2-4-9(8)12(21)19(11)23-13(22)10-5-6-15-14-16-7-17-18(10)14/h1-7H. The zero-order valence-corrected chi connectivity index (χ0v) is 11.4. The van der Waals surface area contributed by atoms with E-state index >= 15 is 0 Å². The molecular formula is C14H7N5O4. The summed E-state index contributed by atoms with van der Waals surface area (Å²) in [5.41, 5.74) is 0.362. The average Bonchev–Trinajstić information content (AvgIpc) is 3.14. The lowest BCUT2D eigenvalue weighted by atomic mass is 10.1. The van der Waals surface area contributed by atoms with Gasteiger partial charge >= 0.3 is 5.97 Å². The van der Waals surface area contributed by atoms with Crippen molar-refractivity contribution in [2.45, 2.75) is 0 Å². The first kappa shape index (κ1) is 13.1. The van der Waals surface area contributed by atoms with Crippen molar-refractivity contribution in [2.75, 3.05) is 0 Å². The van der Waals surface area contributed by atoms with Crippen molar-refractivity contribution in [3.05, 3.63) is 59.7 Å². The third-order valence-corrected chi connectivity index (χ3v) is 3.32. The van der Waals surface area contributed by atoms with Gasteiger partial charge in [0.15, 0.2) is 5.69 Å². The molecule has 0 bridgehead atoms. The lowest BCUT2D eigenvalue weighted by molar-refractivity contribution is -0.0590. The van der Waals surface area contributed by atoms with E-state index < -0.39 is 17.8 Å². The van der Waals surface area contributed by atoms with Crippen LogP contribution in [0.2, 0.25) is 0 Å². The minimum atomic E-state index is -0.919. The Morgan fingerprint density at radius 3 is 2.39 bits per heavy atom. The average molecular weight is 309 g/mol. The molecule has 0 N–H and O–H groups in total. The summed E-state index contributed by atoms with van der Waals surface area (Å²) in [4.78, 5) is 49.3. The van der Waals surface area contributed by atoms with Crippen LogP contribution >= 0.6 is 0 Å². The molecule has 2 amide bonds. The van der Waals surface area contributed by atoms with E-state index in [0.717, 1.165) is 4.52 Å². The van der Waals surface area contributed by atoms with E-state index in [4.69, 9.17) is 4.84 Å². The molecule has 9 nitrogen and oxygen atoms in total. The van der Waals surface area contributed by atoms with Crippen LogP contribution in [0.3, 0.4) is 0 Å². The molecule has 1 aliphatic heterocycles. The fraction of sp³-hybridized carbons (Fsp3) is 0. The van der Waals surface area contributed by atoms with Gasteiger partial charge in [-0.1, -0.05) is 17.2 Å². The first-order chi connectivity index (χ1) is 11.2. The topological polar surface area (TPSA) is 107 Å². The molecule has 2 aromatic heterocycles.